The van der Waals surface area contributed by atoms with Crippen LogP contribution in [-0.2, 0) is 6.42 Å². The molecule has 0 spiro atoms. The number of fused-ring (bicyclic) bond motifs is 1. The molecule has 4 rings (SSSR count). The fraction of sp³-hybridized carbons (Fsp3) is 0.150. The number of thiazole rings is 1. The molecule has 4 aromatic rings. The molecule has 0 radical (unpaired) electrons. The van der Waals surface area contributed by atoms with Crippen molar-refractivity contribution >= 4 is 39.8 Å². The zero-order chi connectivity index (χ0) is 20.7. The Balaban J connectivity index is 1.81. The van der Waals surface area contributed by atoms with E-state index in [1.165, 1.54) is 29.5 Å². The van der Waals surface area contributed by atoms with Crippen molar-refractivity contribution in [2.45, 2.75) is 19.8 Å². The molecule has 148 valence electrons. The molecule has 0 unspecified atom stereocenters. The average Bonchev–Trinajstić information content (AvgIpc) is 3.26. The van der Waals surface area contributed by atoms with Gasteiger partial charge >= 0.3 is 0 Å². The minimum Gasteiger partial charge on any atom is -0.338 e. The quantitative estimate of drug-likeness (QED) is 0.382. The molecule has 2 heterocycles. The van der Waals surface area contributed by atoms with E-state index >= 15 is 0 Å². The van der Waals surface area contributed by atoms with Crippen LogP contribution in [0.2, 0.25) is 5.02 Å². The fourth-order valence-electron chi connectivity index (χ4n) is 3.07. The maximum atomic E-state index is 14.1. The van der Waals surface area contributed by atoms with E-state index in [-0.39, 0.29) is 50.8 Å². The number of aromatic nitrogens is 3. The first-order valence-corrected chi connectivity index (χ1v) is 9.73. The van der Waals surface area contributed by atoms with Gasteiger partial charge in [-0.3, -0.25) is 4.79 Å². The molecule has 0 bridgehead atoms. The number of nitrogens with one attached hydrogen (secondary N) is 1. The first-order chi connectivity index (χ1) is 13.8. The van der Waals surface area contributed by atoms with Crippen LogP contribution in [0.3, 0.4) is 0 Å². The monoisotopic (exact) mass is 435 g/mol. The lowest BCUT2D eigenvalue weighted by Crippen LogP contribution is -2.05. The number of halogens is 4. The maximum Gasteiger partial charge on any atom is 0.264 e. The first kappa shape index (κ1) is 19.6. The molecule has 9 heteroatoms. The second-order valence-electron chi connectivity index (χ2n) is 6.43. The van der Waals surface area contributed by atoms with Crippen LogP contribution < -0.4 is 0 Å². The number of aromatic amines is 1. The van der Waals surface area contributed by atoms with E-state index in [9.17, 15) is 18.0 Å². The van der Waals surface area contributed by atoms with Gasteiger partial charge in [0.25, 0.3) is 6.43 Å². The Kier molecular flexibility index (Phi) is 5.14. The third-order valence-electron chi connectivity index (χ3n) is 4.34. The van der Waals surface area contributed by atoms with Crippen LogP contribution in [0.25, 0.3) is 22.4 Å². The molecule has 29 heavy (non-hydrogen) atoms. The summed E-state index contributed by atoms with van der Waals surface area (Å²) in [7, 11) is 0. The molecule has 0 fully saturated rings. The summed E-state index contributed by atoms with van der Waals surface area (Å²) in [6.07, 6.45) is -1.11. The smallest absolute Gasteiger partial charge is 0.264 e. The molecule has 0 saturated carbocycles. The number of nitrogens with zero attached hydrogens (tertiary/aromatic N) is 2. The van der Waals surface area contributed by atoms with Gasteiger partial charge < -0.3 is 4.98 Å². The van der Waals surface area contributed by atoms with Crippen molar-refractivity contribution in [2.75, 3.05) is 0 Å². The first-order valence-electron chi connectivity index (χ1n) is 8.53. The van der Waals surface area contributed by atoms with Crippen molar-refractivity contribution in [2.24, 2.45) is 0 Å². The van der Waals surface area contributed by atoms with Crippen LogP contribution in [0.4, 0.5) is 13.2 Å². The molecule has 2 aromatic heterocycles. The van der Waals surface area contributed by atoms with Gasteiger partial charge in [-0.15, -0.1) is 11.3 Å². The number of aryl methyl sites for hydroxylation is 1. The van der Waals surface area contributed by atoms with Gasteiger partial charge in [-0.05, 0) is 37.3 Å². The summed E-state index contributed by atoms with van der Waals surface area (Å²) in [6.45, 7) is 1.87. The molecule has 0 atom stereocenters. The topological polar surface area (TPSA) is 58.6 Å². The fourth-order valence-corrected chi connectivity index (χ4v) is 4.03. The lowest BCUT2D eigenvalue weighted by molar-refractivity contribution is 0.0994. The number of ketones is 1. The number of imidazole rings is 1. The molecule has 2 aromatic carbocycles. The summed E-state index contributed by atoms with van der Waals surface area (Å²) in [5, 5.41) is 0.777. The third kappa shape index (κ3) is 3.90. The SMILES string of the molecule is Cc1cnc(CC(=O)c2cc(F)cc3[nH]c(-c4ccc(Cl)cc4C(F)F)nc23)s1. The Bertz CT molecular complexity index is 1240. The van der Waals surface area contributed by atoms with Gasteiger partial charge in [0.1, 0.15) is 16.6 Å². The number of alkyl halides is 2. The number of benzene rings is 2. The van der Waals surface area contributed by atoms with Crippen molar-refractivity contribution in [1.29, 1.82) is 0 Å². The van der Waals surface area contributed by atoms with Gasteiger partial charge in [0, 0.05) is 32.8 Å². The Morgan fingerprint density at radius 1 is 1.28 bits per heavy atom. The lowest BCUT2D eigenvalue weighted by atomic mass is 10.1. The molecule has 1 N–H and O–H groups in total. The Labute approximate surface area is 172 Å². The van der Waals surface area contributed by atoms with Crippen molar-refractivity contribution in [3.8, 4) is 11.4 Å². The van der Waals surface area contributed by atoms with Crippen LogP contribution in [0.5, 0.6) is 0 Å². The van der Waals surface area contributed by atoms with Crippen LogP contribution in [0.1, 0.15) is 32.2 Å². The highest BCUT2D eigenvalue weighted by Crippen LogP contribution is 2.33. The van der Waals surface area contributed by atoms with Gasteiger partial charge in [-0.2, -0.15) is 0 Å². The van der Waals surface area contributed by atoms with Gasteiger partial charge in [-0.1, -0.05) is 11.6 Å². The normalized spacial score (nSPS) is 11.5. The second kappa shape index (κ2) is 7.61. The molecule has 4 nitrogen and oxygen atoms in total. The van der Waals surface area contributed by atoms with Crippen molar-refractivity contribution in [3.05, 3.63) is 68.4 Å². The third-order valence-corrected chi connectivity index (χ3v) is 5.48. The molecule has 0 aliphatic rings. The predicted octanol–water partition coefficient (Wildman–Crippen LogP) is 6.15. The van der Waals surface area contributed by atoms with Gasteiger partial charge in [0.2, 0.25) is 0 Å². The van der Waals surface area contributed by atoms with Crippen molar-refractivity contribution < 1.29 is 18.0 Å². The van der Waals surface area contributed by atoms with Crippen molar-refractivity contribution in [1.82, 2.24) is 15.0 Å². The molecule has 0 amide bonds. The van der Waals surface area contributed by atoms with Gasteiger partial charge in [0.15, 0.2) is 5.78 Å². The minimum absolute atomic E-state index is 0.00246. The number of carbonyl (C=O) groups is 1. The Morgan fingerprint density at radius 2 is 2.07 bits per heavy atom. The lowest BCUT2D eigenvalue weighted by Gasteiger charge is -2.06. The summed E-state index contributed by atoms with van der Waals surface area (Å²) < 4.78 is 41.0. The summed E-state index contributed by atoms with van der Waals surface area (Å²) in [5.41, 5.74) is 0.365. The predicted molar refractivity (Wildman–Crippen MR) is 106 cm³/mol. The van der Waals surface area contributed by atoms with Gasteiger partial charge in [-0.25, -0.2) is 23.1 Å². The maximum absolute atomic E-state index is 14.1. The van der Waals surface area contributed by atoms with E-state index in [1.54, 1.807) is 6.20 Å². The Morgan fingerprint density at radius 3 is 2.76 bits per heavy atom. The zero-order valence-corrected chi connectivity index (χ0v) is 16.5. The van der Waals surface area contributed by atoms with Crippen LogP contribution in [0.15, 0.2) is 36.5 Å². The van der Waals surface area contributed by atoms with Gasteiger partial charge in [0.05, 0.1) is 17.5 Å². The molecular weight excluding hydrogens is 423 g/mol. The number of Topliss-reactive ketones (excluding diaryl/α,β-unsaturated/α-hetero) is 1. The number of hydrogen-bond donors (Lipinski definition) is 1. The van der Waals surface area contributed by atoms with E-state index < -0.39 is 12.2 Å². The second-order valence-corrected chi connectivity index (χ2v) is 8.19. The number of rotatable bonds is 5. The summed E-state index contributed by atoms with van der Waals surface area (Å²) in [4.78, 5) is 25.0. The van der Waals surface area contributed by atoms with E-state index in [4.69, 9.17) is 11.6 Å². The van der Waals surface area contributed by atoms with Crippen LogP contribution in [0, 0.1) is 12.7 Å². The summed E-state index contributed by atoms with van der Waals surface area (Å²) in [6, 6.07) is 6.32. The standard InChI is InChI=1S/C20H13ClF3N3OS/c1-9-8-25-17(29-9)7-16(28)14-5-11(22)6-15-18(14)27-20(26-15)12-3-2-10(21)4-13(12)19(23)24/h2-6,8,19H,7H2,1H3,(H,26,27). The number of H-pyrrole nitrogens is 1. The van der Waals surface area contributed by atoms with Crippen LogP contribution in [-0.4, -0.2) is 20.7 Å². The largest absolute Gasteiger partial charge is 0.338 e. The molecule has 0 saturated heterocycles. The highest BCUT2D eigenvalue weighted by Gasteiger charge is 2.21. The molecule has 0 aliphatic carbocycles. The highest BCUT2D eigenvalue weighted by molar-refractivity contribution is 7.11. The van der Waals surface area contributed by atoms with E-state index in [0.29, 0.717) is 5.01 Å². The van der Waals surface area contributed by atoms with E-state index in [1.807, 2.05) is 6.92 Å². The highest BCUT2D eigenvalue weighted by atomic mass is 35.5. The van der Waals surface area contributed by atoms with E-state index in [2.05, 4.69) is 15.0 Å². The zero-order valence-electron chi connectivity index (χ0n) is 15.0. The average molecular weight is 436 g/mol. The van der Waals surface area contributed by atoms with E-state index in [0.717, 1.165) is 17.0 Å². The number of carbonyl (C=O) groups excluding carboxylic acids is 1. The minimum atomic E-state index is -2.78. The summed E-state index contributed by atoms with van der Waals surface area (Å²) >= 11 is 7.21. The molecule has 0 aliphatic heterocycles. The summed E-state index contributed by atoms with van der Waals surface area (Å²) in [5.74, 6) is -0.875. The molecular formula is C20H13ClF3N3OS. The van der Waals surface area contributed by atoms with Crippen molar-refractivity contribution in [3.63, 3.8) is 0 Å². The number of hydrogen-bond acceptors (Lipinski definition) is 4. The Hall–Kier alpha value is -2.71. The van der Waals surface area contributed by atoms with Crippen LogP contribution >= 0.6 is 22.9 Å².